The van der Waals surface area contributed by atoms with Crippen LogP contribution >= 0.6 is 0 Å². The number of unbranched alkanes of at least 4 members (excludes halogenated alkanes) is 1. The third-order valence-corrected chi connectivity index (χ3v) is 4.05. The Balaban J connectivity index is 2.81. The van der Waals surface area contributed by atoms with E-state index >= 15 is 0 Å². The third kappa shape index (κ3) is 6.50. The molecule has 136 valence electrons. The first-order valence-corrected chi connectivity index (χ1v) is 8.60. The predicted molar refractivity (Wildman–Crippen MR) is 97.4 cm³/mol. The molecule has 1 rings (SSSR count). The number of ether oxygens (including phenoxy) is 3. The van der Waals surface area contributed by atoms with Crippen molar-refractivity contribution in [2.45, 2.75) is 39.5 Å². The minimum absolute atomic E-state index is 0.0300. The Bertz CT molecular complexity index is 631. The van der Waals surface area contributed by atoms with E-state index in [1.165, 1.54) is 13.2 Å². The van der Waals surface area contributed by atoms with Crippen LogP contribution in [0, 0.1) is 17.2 Å². The van der Waals surface area contributed by atoms with Gasteiger partial charge in [0.25, 0.3) is 0 Å². The molecule has 0 amide bonds. The van der Waals surface area contributed by atoms with E-state index in [0.717, 1.165) is 25.7 Å². The molecule has 0 fully saturated rings. The van der Waals surface area contributed by atoms with E-state index in [0.29, 0.717) is 29.6 Å². The molecule has 1 aromatic carbocycles. The van der Waals surface area contributed by atoms with Gasteiger partial charge in [-0.05, 0) is 36.1 Å². The topological polar surface area (TPSA) is 68.6 Å². The van der Waals surface area contributed by atoms with Gasteiger partial charge in [-0.3, -0.25) is 0 Å². The lowest BCUT2D eigenvalue weighted by molar-refractivity contribution is -0.139. The minimum Gasteiger partial charge on any atom is -0.493 e. The highest BCUT2D eigenvalue weighted by Gasteiger charge is 2.15. The number of methoxy groups -OCH3 is 2. The van der Waals surface area contributed by atoms with Crippen LogP contribution in [0.15, 0.2) is 23.8 Å². The summed E-state index contributed by atoms with van der Waals surface area (Å²) in [5.74, 6) is 0.868. The average molecular weight is 345 g/mol. The standard InChI is InChI=1S/C20H27NO4/c1-5-7-8-15(6-2)14-25-20(22)17(13-21)11-16-9-10-18(23-3)19(12-16)24-4/h9-12,15H,5-8,14H2,1-4H3/b17-11+/t15-/m1/s1. The Morgan fingerprint density at radius 1 is 1.24 bits per heavy atom. The molecule has 0 N–H and O–H groups in total. The van der Waals surface area contributed by atoms with Crippen LogP contribution in [0.4, 0.5) is 0 Å². The van der Waals surface area contributed by atoms with Gasteiger partial charge in [-0.2, -0.15) is 5.26 Å². The molecule has 0 saturated heterocycles. The number of esters is 1. The lowest BCUT2D eigenvalue weighted by Gasteiger charge is -2.14. The van der Waals surface area contributed by atoms with Gasteiger partial charge < -0.3 is 14.2 Å². The van der Waals surface area contributed by atoms with Gasteiger partial charge in [0.05, 0.1) is 20.8 Å². The number of hydrogen-bond acceptors (Lipinski definition) is 5. The zero-order chi connectivity index (χ0) is 18.7. The molecule has 1 aromatic rings. The highest BCUT2D eigenvalue weighted by Crippen LogP contribution is 2.28. The van der Waals surface area contributed by atoms with Crippen LogP contribution in [-0.4, -0.2) is 26.8 Å². The molecule has 0 unspecified atom stereocenters. The zero-order valence-electron chi connectivity index (χ0n) is 15.5. The van der Waals surface area contributed by atoms with E-state index in [9.17, 15) is 10.1 Å². The number of carbonyl (C=O) groups excluding carboxylic acids is 1. The molecular formula is C20H27NO4. The quantitative estimate of drug-likeness (QED) is 0.358. The molecule has 0 radical (unpaired) electrons. The summed E-state index contributed by atoms with van der Waals surface area (Å²) in [4.78, 5) is 12.2. The third-order valence-electron chi connectivity index (χ3n) is 4.05. The number of rotatable bonds is 10. The molecular weight excluding hydrogens is 318 g/mol. The fraction of sp³-hybridized carbons (Fsp3) is 0.500. The number of nitrogens with zero attached hydrogens (tertiary/aromatic N) is 1. The number of carbonyl (C=O) groups is 1. The summed E-state index contributed by atoms with van der Waals surface area (Å²) in [7, 11) is 3.08. The summed E-state index contributed by atoms with van der Waals surface area (Å²) in [6.07, 6.45) is 5.71. The first-order chi connectivity index (χ1) is 12.1. The van der Waals surface area contributed by atoms with Crippen LogP contribution in [0.25, 0.3) is 6.08 Å². The van der Waals surface area contributed by atoms with Gasteiger partial charge in [0, 0.05) is 0 Å². The van der Waals surface area contributed by atoms with Crippen molar-refractivity contribution >= 4 is 12.0 Å². The zero-order valence-corrected chi connectivity index (χ0v) is 15.5. The molecule has 0 heterocycles. The summed E-state index contributed by atoms with van der Waals surface area (Å²) in [6.45, 7) is 4.57. The van der Waals surface area contributed by atoms with Crippen LogP contribution in [0.5, 0.6) is 11.5 Å². The number of hydrogen-bond donors (Lipinski definition) is 0. The van der Waals surface area contributed by atoms with Crippen molar-refractivity contribution in [3.63, 3.8) is 0 Å². The summed E-state index contributed by atoms with van der Waals surface area (Å²) in [6, 6.07) is 7.10. The van der Waals surface area contributed by atoms with Crippen LogP contribution in [0.1, 0.15) is 45.1 Å². The van der Waals surface area contributed by atoms with Gasteiger partial charge in [-0.1, -0.05) is 39.2 Å². The van der Waals surface area contributed by atoms with Crippen molar-refractivity contribution in [1.29, 1.82) is 5.26 Å². The highest BCUT2D eigenvalue weighted by molar-refractivity contribution is 5.97. The fourth-order valence-electron chi connectivity index (χ4n) is 2.42. The summed E-state index contributed by atoms with van der Waals surface area (Å²) in [5, 5.41) is 9.27. The SMILES string of the molecule is CCCC[C@@H](CC)COC(=O)/C(C#N)=C/c1ccc(OC)c(OC)c1. The Hall–Kier alpha value is -2.48. The van der Waals surface area contributed by atoms with E-state index < -0.39 is 5.97 Å². The molecule has 0 aliphatic heterocycles. The van der Waals surface area contributed by atoms with E-state index in [4.69, 9.17) is 14.2 Å². The first-order valence-electron chi connectivity index (χ1n) is 8.60. The van der Waals surface area contributed by atoms with Crippen LogP contribution < -0.4 is 9.47 Å². The molecule has 0 aromatic heterocycles. The van der Waals surface area contributed by atoms with Crippen molar-refractivity contribution in [3.8, 4) is 17.6 Å². The second-order valence-corrected chi connectivity index (χ2v) is 5.80. The largest absolute Gasteiger partial charge is 0.493 e. The van der Waals surface area contributed by atoms with Gasteiger partial charge in [0.15, 0.2) is 11.5 Å². The van der Waals surface area contributed by atoms with Crippen LogP contribution in [0.3, 0.4) is 0 Å². The second-order valence-electron chi connectivity index (χ2n) is 5.80. The van der Waals surface area contributed by atoms with Gasteiger partial charge >= 0.3 is 5.97 Å². The Labute approximate surface area is 150 Å². The highest BCUT2D eigenvalue weighted by atomic mass is 16.5. The van der Waals surface area contributed by atoms with Crippen molar-refractivity contribution in [1.82, 2.24) is 0 Å². The molecule has 0 saturated carbocycles. The van der Waals surface area contributed by atoms with Crippen molar-refractivity contribution < 1.29 is 19.0 Å². The van der Waals surface area contributed by atoms with E-state index in [2.05, 4.69) is 13.8 Å². The lowest BCUT2D eigenvalue weighted by Crippen LogP contribution is -2.15. The van der Waals surface area contributed by atoms with Gasteiger partial charge in [-0.25, -0.2) is 4.79 Å². The molecule has 0 bridgehead atoms. The summed E-state index contributed by atoms with van der Waals surface area (Å²) >= 11 is 0. The number of nitriles is 1. The molecule has 1 atom stereocenters. The summed E-state index contributed by atoms with van der Waals surface area (Å²) in [5.41, 5.74) is 0.640. The maximum atomic E-state index is 12.2. The maximum absolute atomic E-state index is 12.2. The molecule has 25 heavy (non-hydrogen) atoms. The summed E-state index contributed by atoms with van der Waals surface area (Å²) < 4.78 is 15.7. The minimum atomic E-state index is -0.591. The molecule has 5 heteroatoms. The van der Waals surface area contributed by atoms with Crippen molar-refractivity contribution in [2.75, 3.05) is 20.8 Å². The lowest BCUT2D eigenvalue weighted by atomic mass is 10.0. The molecule has 0 aliphatic rings. The average Bonchev–Trinajstić information content (AvgIpc) is 2.65. The Morgan fingerprint density at radius 2 is 1.96 bits per heavy atom. The van der Waals surface area contributed by atoms with Gasteiger partial charge in [-0.15, -0.1) is 0 Å². The molecule has 0 aliphatic carbocycles. The fourth-order valence-corrected chi connectivity index (χ4v) is 2.42. The second kappa shape index (κ2) is 11.1. The van der Waals surface area contributed by atoms with Crippen molar-refractivity contribution in [2.24, 2.45) is 5.92 Å². The smallest absolute Gasteiger partial charge is 0.348 e. The predicted octanol–water partition coefficient (Wildman–Crippen LogP) is 4.37. The van der Waals surface area contributed by atoms with E-state index in [1.807, 2.05) is 6.07 Å². The van der Waals surface area contributed by atoms with Crippen LogP contribution in [-0.2, 0) is 9.53 Å². The molecule has 0 spiro atoms. The van der Waals surface area contributed by atoms with Crippen molar-refractivity contribution in [3.05, 3.63) is 29.3 Å². The Morgan fingerprint density at radius 3 is 2.52 bits per heavy atom. The number of benzene rings is 1. The van der Waals surface area contributed by atoms with E-state index in [1.54, 1.807) is 25.3 Å². The van der Waals surface area contributed by atoms with Gasteiger partial charge in [0.1, 0.15) is 11.6 Å². The maximum Gasteiger partial charge on any atom is 0.348 e. The Kier molecular flexibility index (Phi) is 9.16. The first kappa shape index (κ1) is 20.6. The normalized spacial score (nSPS) is 12.2. The monoisotopic (exact) mass is 345 g/mol. The van der Waals surface area contributed by atoms with Gasteiger partial charge in [0.2, 0.25) is 0 Å². The van der Waals surface area contributed by atoms with E-state index in [-0.39, 0.29) is 5.57 Å². The molecule has 5 nitrogen and oxygen atoms in total. The van der Waals surface area contributed by atoms with Crippen LogP contribution in [0.2, 0.25) is 0 Å².